The van der Waals surface area contributed by atoms with Crippen LogP contribution in [0.5, 0.6) is 5.75 Å². The molecule has 1 spiro atoms. The molecule has 0 radical (unpaired) electrons. The molecular weight excluding hydrogens is 523 g/mol. The molecule has 2 N–H and O–H groups in total. The molecule has 41 heavy (non-hydrogen) atoms. The van der Waals surface area contributed by atoms with Gasteiger partial charge in [-0.25, -0.2) is 4.39 Å². The fourth-order valence-corrected chi connectivity index (χ4v) is 6.54. The number of aromatic nitrogens is 3. The highest BCUT2D eigenvalue weighted by Crippen LogP contribution is 2.38. The average molecular weight is 563 g/mol. The minimum Gasteiger partial charge on any atom is -0.487 e. The molecule has 3 aromatic rings. The maximum Gasteiger partial charge on any atom is 0.226 e. The van der Waals surface area contributed by atoms with Crippen molar-refractivity contribution in [2.24, 2.45) is 5.41 Å². The molecule has 1 aromatic heterocycles. The minimum absolute atomic E-state index is 0.0922. The van der Waals surface area contributed by atoms with Crippen LogP contribution >= 0.6 is 0 Å². The van der Waals surface area contributed by atoms with Gasteiger partial charge >= 0.3 is 0 Å². The average Bonchev–Trinajstić information content (AvgIpc) is 3.44. The van der Waals surface area contributed by atoms with Crippen LogP contribution < -0.4 is 15.0 Å². The van der Waals surface area contributed by atoms with Crippen LogP contribution in [0.25, 0.3) is 0 Å². The van der Waals surface area contributed by atoms with E-state index < -0.39 is 11.0 Å². The summed E-state index contributed by atoms with van der Waals surface area (Å²) in [5, 5.41) is 23.2. The fraction of sp³-hybridized carbons (Fsp3) is 0.516. The van der Waals surface area contributed by atoms with Crippen molar-refractivity contribution in [1.29, 1.82) is 0 Å². The lowest BCUT2D eigenvalue weighted by atomic mass is 9.73. The number of fused-ring (bicyclic) bond motifs is 3. The quantitative estimate of drug-likeness (QED) is 0.504. The van der Waals surface area contributed by atoms with E-state index in [4.69, 9.17) is 4.74 Å². The Hall–Kier alpha value is -3.50. The normalized spacial score (nSPS) is 21.4. The van der Waals surface area contributed by atoms with Gasteiger partial charge in [-0.2, -0.15) is 0 Å². The third kappa shape index (κ3) is 6.38. The summed E-state index contributed by atoms with van der Waals surface area (Å²) in [5.41, 5.74) is 1.48. The summed E-state index contributed by atoms with van der Waals surface area (Å²) >= 11 is 0. The topological polar surface area (TPSA) is 95.7 Å². The molecule has 2 saturated heterocycles. The lowest BCUT2D eigenvalue weighted by molar-refractivity contribution is -0.135. The molecule has 2 bridgehead atoms. The molecule has 6 rings (SSSR count). The zero-order valence-corrected chi connectivity index (χ0v) is 23.5. The van der Waals surface area contributed by atoms with E-state index in [9.17, 15) is 14.3 Å². The van der Waals surface area contributed by atoms with E-state index in [-0.39, 0.29) is 11.7 Å². The van der Waals surface area contributed by atoms with E-state index in [0.29, 0.717) is 39.1 Å². The Bertz CT molecular complexity index is 1330. The number of nitrogens with zero attached hydrogens (tertiary/aromatic N) is 5. The number of benzene rings is 2. The van der Waals surface area contributed by atoms with Crippen LogP contribution in [0.1, 0.15) is 49.8 Å². The number of carbonyl (C=O) groups is 1. The van der Waals surface area contributed by atoms with Crippen molar-refractivity contribution in [2.75, 3.05) is 37.6 Å². The van der Waals surface area contributed by atoms with Gasteiger partial charge < -0.3 is 25.0 Å². The maximum absolute atomic E-state index is 13.8. The van der Waals surface area contributed by atoms with Crippen LogP contribution in [0, 0.1) is 11.2 Å². The maximum atomic E-state index is 13.8. The highest BCUT2D eigenvalue weighted by atomic mass is 19.1. The summed E-state index contributed by atoms with van der Waals surface area (Å²) in [7, 11) is 0. The minimum atomic E-state index is -0.763. The Labute approximate surface area is 240 Å². The van der Waals surface area contributed by atoms with Crippen molar-refractivity contribution in [3.8, 4) is 5.75 Å². The van der Waals surface area contributed by atoms with Gasteiger partial charge in [0.2, 0.25) is 5.91 Å². The van der Waals surface area contributed by atoms with Crippen LogP contribution in [0.2, 0.25) is 0 Å². The number of hydrogen-bond donors (Lipinski definition) is 2. The summed E-state index contributed by atoms with van der Waals surface area (Å²) in [6.45, 7) is 5.06. The third-order valence-electron chi connectivity index (χ3n) is 9.11. The van der Waals surface area contributed by atoms with Gasteiger partial charge in [-0.1, -0.05) is 23.4 Å². The van der Waals surface area contributed by atoms with E-state index in [0.717, 1.165) is 74.6 Å². The second kappa shape index (κ2) is 11.8. The molecule has 0 aliphatic carbocycles. The number of halogens is 1. The molecule has 3 aliphatic rings. The highest BCUT2D eigenvalue weighted by Gasteiger charge is 2.43. The smallest absolute Gasteiger partial charge is 0.226 e. The van der Waals surface area contributed by atoms with E-state index in [1.807, 2.05) is 35.1 Å². The van der Waals surface area contributed by atoms with E-state index in [1.165, 1.54) is 12.1 Å². The van der Waals surface area contributed by atoms with Crippen LogP contribution in [0.4, 0.5) is 10.1 Å². The van der Waals surface area contributed by atoms with E-state index >= 15 is 0 Å². The number of likely N-dealkylation sites (tertiary alicyclic amines) is 1. The van der Waals surface area contributed by atoms with Crippen molar-refractivity contribution in [2.45, 2.75) is 63.8 Å². The Morgan fingerprint density at radius 2 is 1.71 bits per heavy atom. The monoisotopic (exact) mass is 562 g/mol. The van der Waals surface area contributed by atoms with Crippen LogP contribution in [-0.2, 0) is 24.5 Å². The van der Waals surface area contributed by atoms with Gasteiger partial charge in [0.05, 0.1) is 17.2 Å². The zero-order valence-electron chi connectivity index (χ0n) is 23.5. The first-order valence-corrected chi connectivity index (χ1v) is 14.7. The number of anilines is 1. The predicted octanol–water partition coefficient (Wildman–Crippen LogP) is 3.52. The van der Waals surface area contributed by atoms with Gasteiger partial charge in [-0.05, 0) is 81.9 Å². The number of ether oxygens (including phenoxy) is 1. The molecule has 4 heterocycles. The number of aliphatic hydroxyl groups is 1. The molecule has 2 fully saturated rings. The van der Waals surface area contributed by atoms with Gasteiger partial charge in [0.25, 0.3) is 0 Å². The third-order valence-corrected chi connectivity index (χ3v) is 9.11. The second-order valence-corrected chi connectivity index (χ2v) is 11.9. The number of β-amino-alcohol motifs (C(OH)–C–C–N with tert-alkyl or cyclic N) is 1. The molecule has 0 atom stereocenters. The molecule has 2 aromatic carbocycles. The fourth-order valence-electron chi connectivity index (χ4n) is 6.54. The predicted molar refractivity (Wildman–Crippen MR) is 153 cm³/mol. The Balaban J connectivity index is 1.09. The Kier molecular flexibility index (Phi) is 7.94. The molecule has 0 unspecified atom stereocenters. The van der Waals surface area contributed by atoms with Crippen molar-refractivity contribution in [3.05, 3.63) is 71.8 Å². The first-order chi connectivity index (χ1) is 19.9. The zero-order chi connectivity index (χ0) is 28.3. The number of para-hydroxylation sites is 1. The second-order valence-electron chi connectivity index (χ2n) is 11.9. The van der Waals surface area contributed by atoms with Gasteiger partial charge in [-0.15, -0.1) is 5.10 Å². The molecule has 10 heteroatoms. The van der Waals surface area contributed by atoms with Gasteiger partial charge in [0.15, 0.2) is 0 Å². The molecule has 1 amide bonds. The summed E-state index contributed by atoms with van der Waals surface area (Å²) in [6, 6.07) is 14.3. The summed E-state index contributed by atoms with van der Waals surface area (Å²) in [6.07, 6.45) is 6.34. The lowest BCUT2D eigenvalue weighted by Crippen LogP contribution is -2.55. The number of aryl methyl sites for hydroxylation is 1. The molecule has 218 valence electrons. The first-order valence-electron chi connectivity index (χ1n) is 14.7. The van der Waals surface area contributed by atoms with E-state index in [1.54, 1.807) is 12.1 Å². The SMILES string of the molecule is O=C1NCc2ccccc2OCc2cn(nn2)CCCC12CCN(CC1(O)CCN(c3ccc(F)cc3)CC1)CC2. The van der Waals surface area contributed by atoms with Crippen molar-refractivity contribution in [3.63, 3.8) is 0 Å². The number of nitrogens with one attached hydrogen (secondary N) is 1. The van der Waals surface area contributed by atoms with E-state index in [2.05, 4.69) is 25.4 Å². The van der Waals surface area contributed by atoms with Gasteiger partial charge in [-0.3, -0.25) is 9.48 Å². The number of amides is 1. The standard InChI is InChI=1S/C31H39FN6O3/c32-25-6-8-27(9-7-25)37-18-13-31(40,14-19-37)23-36-16-11-30(12-17-36)10-3-15-38-21-26(34-35-38)22-41-28-5-2-1-4-24(28)20-33-29(30)39/h1-2,4-9,21,40H,3,10-20,22-23H2,(H,33,39). The van der Waals surface area contributed by atoms with Crippen LogP contribution in [0.15, 0.2) is 54.7 Å². The van der Waals surface area contributed by atoms with Crippen LogP contribution in [-0.4, -0.2) is 69.2 Å². The summed E-state index contributed by atoms with van der Waals surface area (Å²) in [4.78, 5) is 18.3. The molecule has 0 saturated carbocycles. The number of carbonyl (C=O) groups excluding carboxylic acids is 1. The number of rotatable bonds is 3. The summed E-state index contributed by atoms with van der Waals surface area (Å²) < 4.78 is 21.2. The number of hydrogen-bond acceptors (Lipinski definition) is 7. The molecular formula is C31H39FN6O3. The lowest BCUT2D eigenvalue weighted by Gasteiger charge is -2.45. The molecule has 9 nitrogen and oxygen atoms in total. The van der Waals surface area contributed by atoms with Crippen molar-refractivity contribution >= 4 is 11.6 Å². The number of piperidine rings is 2. The first kappa shape index (κ1) is 27.7. The largest absolute Gasteiger partial charge is 0.487 e. The van der Waals surface area contributed by atoms with Gasteiger partial charge in [0.1, 0.15) is 23.9 Å². The summed E-state index contributed by atoms with van der Waals surface area (Å²) in [5.74, 6) is 0.592. The van der Waals surface area contributed by atoms with Crippen molar-refractivity contribution in [1.82, 2.24) is 25.2 Å². The molecule has 3 aliphatic heterocycles. The highest BCUT2D eigenvalue weighted by molar-refractivity contribution is 5.82. The van der Waals surface area contributed by atoms with Gasteiger partial charge in [0, 0.05) is 44.0 Å². The van der Waals surface area contributed by atoms with Crippen molar-refractivity contribution < 1.29 is 19.0 Å². The Morgan fingerprint density at radius 1 is 0.951 bits per heavy atom. The van der Waals surface area contributed by atoms with Crippen LogP contribution in [0.3, 0.4) is 0 Å². The Morgan fingerprint density at radius 3 is 2.49 bits per heavy atom.